The Bertz CT molecular complexity index is 289. The van der Waals surface area contributed by atoms with E-state index in [1.807, 2.05) is 18.2 Å². The van der Waals surface area contributed by atoms with Crippen molar-refractivity contribution in [3.8, 4) is 5.75 Å². The number of ether oxygens (including phenoxy) is 1. The van der Waals surface area contributed by atoms with E-state index in [1.54, 1.807) is 0 Å². The maximum Gasteiger partial charge on any atom is 0.122 e. The standard InChI is InChI=1S/C12H20N2O/c1-10(9-14)8-11-4-2-3-5-12(11)15-7-6-13/h2-5,10H,6-9,13-14H2,1H3. The van der Waals surface area contributed by atoms with E-state index in [2.05, 4.69) is 13.0 Å². The second kappa shape index (κ2) is 6.43. The molecule has 0 spiro atoms. The largest absolute Gasteiger partial charge is 0.492 e. The van der Waals surface area contributed by atoms with Gasteiger partial charge >= 0.3 is 0 Å². The van der Waals surface area contributed by atoms with Crippen molar-refractivity contribution >= 4 is 0 Å². The summed E-state index contributed by atoms with van der Waals surface area (Å²) in [5.74, 6) is 1.41. The Hall–Kier alpha value is -1.06. The van der Waals surface area contributed by atoms with Gasteiger partial charge in [0.1, 0.15) is 12.4 Å². The molecule has 3 heteroatoms. The number of rotatable bonds is 6. The fraction of sp³-hybridized carbons (Fsp3) is 0.500. The Labute approximate surface area is 91.4 Å². The minimum atomic E-state index is 0.479. The minimum Gasteiger partial charge on any atom is -0.492 e. The first kappa shape index (κ1) is 12.0. The van der Waals surface area contributed by atoms with Gasteiger partial charge in [0.2, 0.25) is 0 Å². The van der Waals surface area contributed by atoms with Gasteiger partial charge in [-0.1, -0.05) is 25.1 Å². The van der Waals surface area contributed by atoms with E-state index in [1.165, 1.54) is 5.56 Å². The minimum absolute atomic E-state index is 0.479. The lowest BCUT2D eigenvalue weighted by molar-refractivity contribution is 0.323. The van der Waals surface area contributed by atoms with Gasteiger partial charge < -0.3 is 16.2 Å². The molecule has 0 amide bonds. The van der Waals surface area contributed by atoms with E-state index in [0.717, 1.165) is 12.2 Å². The molecule has 1 atom stereocenters. The van der Waals surface area contributed by atoms with Crippen molar-refractivity contribution in [2.24, 2.45) is 17.4 Å². The van der Waals surface area contributed by atoms with Crippen molar-refractivity contribution < 1.29 is 4.74 Å². The summed E-state index contributed by atoms with van der Waals surface area (Å²) < 4.78 is 5.57. The molecule has 15 heavy (non-hydrogen) atoms. The molecule has 0 heterocycles. The molecule has 0 aliphatic heterocycles. The van der Waals surface area contributed by atoms with E-state index >= 15 is 0 Å². The van der Waals surface area contributed by atoms with Crippen LogP contribution in [0.3, 0.4) is 0 Å². The maximum absolute atomic E-state index is 5.61. The molecule has 0 radical (unpaired) electrons. The lowest BCUT2D eigenvalue weighted by Gasteiger charge is -2.13. The molecule has 1 rings (SSSR count). The molecule has 0 aliphatic rings. The zero-order valence-corrected chi connectivity index (χ0v) is 9.28. The Morgan fingerprint density at radius 2 is 2.00 bits per heavy atom. The number of hydrogen-bond donors (Lipinski definition) is 2. The highest BCUT2D eigenvalue weighted by Crippen LogP contribution is 2.20. The van der Waals surface area contributed by atoms with Gasteiger partial charge in [0.25, 0.3) is 0 Å². The van der Waals surface area contributed by atoms with Crippen molar-refractivity contribution in [2.75, 3.05) is 19.7 Å². The summed E-state index contributed by atoms with van der Waals surface area (Å²) in [6.45, 7) is 3.94. The Morgan fingerprint density at radius 3 is 2.67 bits per heavy atom. The molecule has 0 aromatic heterocycles. The summed E-state index contributed by atoms with van der Waals surface area (Å²) in [5, 5.41) is 0. The summed E-state index contributed by atoms with van der Waals surface area (Å²) in [6.07, 6.45) is 0.956. The average Bonchev–Trinajstić information content (AvgIpc) is 2.28. The summed E-state index contributed by atoms with van der Waals surface area (Å²) in [6, 6.07) is 8.06. The van der Waals surface area contributed by atoms with E-state index in [4.69, 9.17) is 16.2 Å². The number of hydrogen-bond acceptors (Lipinski definition) is 3. The van der Waals surface area contributed by atoms with Crippen LogP contribution < -0.4 is 16.2 Å². The van der Waals surface area contributed by atoms with E-state index < -0.39 is 0 Å². The second-order valence-electron chi connectivity index (χ2n) is 3.79. The highest BCUT2D eigenvalue weighted by molar-refractivity contribution is 5.33. The normalized spacial score (nSPS) is 12.5. The zero-order valence-electron chi connectivity index (χ0n) is 9.28. The summed E-state index contributed by atoms with van der Waals surface area (Å²) in [4.78, 5) is 0. The van der Waals surface area contributed by atoms with E-state index in [-0.39, 0.29) is 0 Å². The van der Waals surface area contributed by atoms with Crippen LogP contribution in [-0.2, 0) is 6.42 Å². The third kappa shape index (κ3) is 3.90. The van der Waals surface area contributed by atoms with Gasteiger partial charge in [-0.25, -0.2) is 0 Å². The third-order valence-electron chi connectivity index (χ3n) is 2.32. The molecule has 84 valence electrons. The van der Waals surface area contributed by atoms with Gasteiger partial charge in [-0.3, -0.25) is 0 Å². The second-order valence-corrected chi connectivity index (χ2v) is 3.79. The first-order valence-electron chi connectivity index (χ1n) is 5.38. The quantitative estimate of drug-likeness (QED) is 0.737. The van der Waals surface area contributed by atoms with Gasteiger partial charge in [0, 0.05) is 6.54 Å². The Balaban J connectivity index is 2.67. The van der Waals surface area contributed by atoms with Crippen molar-refractivity contribution in [1.29, 1.82) is 0 Å². The lowest BCUT2D eigenvalue weighted by Crippen LogP contribution is -2.15. The Kier molecular flexibility index (Phi) is 5.15. The van der Waals surface area contributed by atoms with Crippen LogP contribution in [0.15, 0.2) is 24.3 Å². The predicted molar refractivity (Wildman–Crippen MR) is 62.9 cm³/mol. The van der Waals surface area contributed by atoms with Crippen molar-refractivity contribution in [3.05, 3.63) is 29.8 Å². The fourth-order valence-electron chi connectivity index (χ4n) is 1.44. The average molecular weight is 208 g/mol. The monoisotopic (exact) mass is 208 g/mol. The van der Waals surface area contributed by atoms with Crippen LogP contribution in [0, 0.1) is 5.92 Å². The highest BCUT2D eigenvalue weighted by atomic mass is 16.5. The molecule has 3 nitrogen and oxygen atoms in total. The predicted octanol–water partition coefficient (Wildman–Crippen LogP) is 1.16. The molecule has 4 N–H and O–H groups in total. The number of para-hydroxylation sites is 1. The first-order valence-corrected chi connectivity index (χ1v) is 5.38. The van der Waals surface area contributed by atoms with Gasteiger partial charge in [-0.2, -0.15) is 0 Å². The number of nitrogens with two attached hydrogens (primary N) is 2. The van der Waals surface area contributed by atoms with Gasteiger partial charge in [-0.05, 0) is 30.5 Å². The molecule has 1 aromatic carbocycles. The van der Waals surface area contributed by atoms with Gasteiger partial charge in [-0.15, -0.1) is 0 Å². The molecule has 1 aromatic rings. The topological polar surface area (TPSA) is 61.3 Å². The maximum atomic E-state index is 5.61. The fourth-order valence-corrected chi connectivity index (χ4v) is 1.44. The molecule has 0 fully saturated rings. The van der Waals surface area contributed by atoms with Crippen LogP contribution in [0.25, 0.3) is 0 Å². The van der Waals surface area contributed by atoms with Crippen LogP contribution in [-0.4, -0.2) is 19.7 Å². The zero-order chi connectivity index (χ0) is 11.1. The molecule has 0 saturated carbocycles. The highest BCUT2D eigenvalue weighted by Gasteiger charge is 2.06. The molecule has 0 aliphatic carbocycles. The van der Waals surface area contributed by atoms with Crippen LogP contribution >= 0.6 is 0 Å². The molecule has 0 bridgehead atoms. The Morgan fingerprint density at radius 1 is 1.27 bits per heavy atom. The van der Waals surface area contributed by atoms with Crippen molar-refractivity contribution in [1.82, 2.24) is 0 Å². The van der Waals surface area contributed by atoms with Crippen LogP contribution in [0.4, 0.5) is 0 Å². The van der Waals surface area contributed by atoms with Gasteiger partial charge in [0.15, 0.2) is 0 Å². The van der Waals surface area contributed by atoms with Crippen LogP contribution in [0.2, 0.25) is 0 Å². The summed E-state index contributed by atoms with van der Waals surface area (Å²) >= 11 is 0. The number of benzene rings is 1. The third-order valence-corrected chi connectivity index (χ3v) is 2.32. The lowest BCUT2D eigenvalue weighted by atomic mass is 10.0. The van der Waals surface area contributed by atoms with E-state index in [9.17, 15) is 0 Å². The van der Waals surface area contributed by atoms with E-state index in [0.29, 0.717) is 25.6 Å². The SMILES string of the molecule is CC(CN)Cc1ccccc1OCCN. The molecule has 0 saturated heterocycles. The van der Waals surface area contributed by atoms with Crippen molar-refractivity contribution in [3.63, 3.8) is 0 Å². The smallest absolute Gasteiger partial charge is 0.122 e. The summed E-state index contributed by atoms with van der Waals surface area (Å²) in [5.41, 5.74) is 12.2. The van der Waals surface area contributed by atoms with Crippen LogP contribution in [0.5, 0.6) is 5.75 Å². The van der Waals surface area contributed by atoms with Gasteiger partial charge in [0.05, 0.1) is 0 Å². The van der Waals surface area contributed by atoms with Crippen molar-refractivity contribution in [2.45, 2.75) is 13.3 Å². The molecular weight excluding hydrogens is 188 g/mol. The summed E-state index contributed by atoms with van der Waals surface area (Å²) in [7, 11) is 0. The van der Waals surface area contributed by atoms with Crippen LogP contribution in [0.1, 0.15) is 12.5 Å². The first-order chi connectivity index (χ1) is 7.27. The molecule has 1 unspecified atom stereocenters. The molecular formula is C12H20N2O.